The lowest BCUT2D eigenvalue weighted by Crippen LogP contribution is -2.22. The van der Waals surface area contributed by atoms with Gasteiger partial charge in [-0.05, 0) is 30.5 Å². The molecule has 0 aliphatic carbocycles. The van der Waals surface area contributed by atoms with E-state index in [1.54, 1.807) is 11.3 Å². The van der Waals surface area contributed by atoms with Crippen LogP contribution in [0.25, 0.3) is 5.65 Å². The highest BCUT2D eigenvalue weighted by Gasteiger charge is 2.20. The van der Waals surface area contributed by atoms with Crippen molar-refractivity contribution in [1.29, 1.82) is 0 Å². The fourth-order valence-corrected chi connectivity index (χ4v) is 3.42. The number of rotatable bonds is 4. The molecule has 3 heterocycles. The fourth-order valence-electron chi connectivity index (χ4n) is 2.34. The molecule has 0 saturated heterocycles. The number of hydrogen-bond acceptors (Lipinski definition) is 3. The molecule has 3 aromatic rings. The Bertz CT molecular complexity index is 705. The van der Waals surface area contributed by atoms with Gasteiger partial charge >= 0.3 is 0 Å². The molecule has 0 saturated carbocycles. The Kier molecular flexibility index (Phi) is 3.68. The number of pyridine rings is 1. The first-order valence-corrected chi connectivity index (χ1v) is 7.92. The molecule has 0 bridgehead atoms. The molecular weight excluding hydrogens is 290 g/mol. The molecule has 0 aliphatic heterocycles. The first kappa shape index (κ1) is 13.5. The van der Waals surface area contributed by atoms with Crippen molar-refractivity contribution in [3.63, 3.8) is 0 Å². The Morgan fingerprint density at radius 1 is 1.35 bits per heavy atom. The van der Waals surface area contributed by atoms with Crippen molar-refractivity contribution in [1.82, 2.24) is 9.38 Å². The minimum absolute atomic E-state index is 0.280. The smallest absolute Gasteiger partial charge is 0.152 e. The van der Waals surface area contributed by atoms with E-state index in [0.717, 1.165) is 17.2 Å². The number of aromatic nitrogens is 2. The van der Waals surface area contributed by atoms with Gasteiger partial charge in [0.15, 0.2) is 5.82 Å². The normalized spacial score (nSPS) is 12.8. The van der Waals surface area contributed by atoms with Crippen molar-refractivity contribution in [2.75, 3.05) is 11.9 Å². The van der Waals surface area contributed by atoms with E-state index in [2.05, 4.69) is 40.8 Å². The molecule has 3 aromatic heterocycles. The summed E-state index contributed by atoms with van der Waals surface area (Å²) in [6, 6.07) is 10.5. The zero-order valence-corrected chi connectivity index (χ0v) is 13.0. The number of nitrogens with zero attached hydrogens (tertiary/aromatic N) is 3. The van der Waals surface area contributed by atoms with E-state index in [9.17, 15) is 0 Å². The predicted octanol–water partition coefficient (Wildman–Crippen LogP) is 4.33. The van der Waals surface area contributed by atoms with Crippen LogP contribution in [0.4, 0.5) is 5.82 Å². The van der Waals surface area contributed by atoms with Crippen LogP contribution in [-0.4, -0.2) is 16.4 Å². The SMILES string of the molecule is CC(c1cccs1)N(C)c1nc2ccccn2c1CCl. The molecule has 0 amide bonds. The molecule has 0 radical (unpaired) electrons. The molecule has 20 heavy (non-hydrogen) atoms. The van der Waals surface area contributed by atoms with Crippen molar-refractivity contribution >= 4 is 34.4 Å². The standard InChI is InChI=1S/C15H16ClN3S/c1-11(13-6-5-9-20-13)18(2)15-12(10-16)19-8-4-3-7-14(19)17-15/h3-9,11H,10H2,1-2H3. The molecule has 0 aliphatic rings. The number of halogens is 1. The van der Waals surface area contributed by atoms with Crippen LogP contribution in [0.3, 0.4) is 0 Å². The topological polar surface area (TPSA) is 20.5 Å². The summed E-state index contributed by atoms with van der Waals surface area (Å²) in [6.07, 6.45) is 2.01. The van der Waals surface area contributed by atoms with Crippen LogP contribution in [0.2, 0.25) is 0 Å². The van der Waals surface area contributed by atoms with Crippen LogP contribution in [0.15, 0.2) is 41.9 Å². The monoisotopic (exact) mass is 305 g/mol. The van der Waals surface area contributed by atoms with Crippen LogP contribution >= 0.6 is 22.9 Å². The highest BCUT2D eigenvalue weighted by Crippen LogP contribution is 2.31. The lowest BCUT2D eigenvalue weighted by atomic mass is 10.2. The fraction of sp³-hybridized carbons (Fsp3) is 0.267. The van der Waals surface area contributed by atoms with Crippen LogP contribution < -0.4 is 4.90 Å². The Morgan fingerprint density at radius 2 is 2.20 bits per heavy atom. The quantitative estimate of drug-likeness (QED) is 0.669. The minimum atomic E-state index is 0.280. The first-order valence-electron chi connectivity index (χ1n) is 6.50. The number of imidazole rings is 1. The van der Waals surface area contributed by atoms with Crippen molar-refractivity contribution in [2.45, 2.75) is 18.8 Å². The summed E-state index contributed by atoms with van der Waals surface area (Å²) in [5, 5.41) is 2.10. The van der Waals surface area contributed by atoms with Crippen molar-refractivity contribution < 1.29 is 0 Å². The van der Waals surface area contributed by atoms with Gasteiger partial charge in [-0.3, -0.25) is 0 Å². The van der Waals surface area contributed by atoms with Gasteiger partial charge in [0.05, 0.1) is 17.6 Å². The van der Waals surface area contributed by atoms with Crippen LogP contribution in [0.5, 0.6) is 0 Å². The minimum Gasteiger partial charge on any atom is -0.351 e. The highest BCUT2D eigenvalue weighted by molar-refractivity contribution is 7.10. The van der Waals surface area contributed by atoms with Crippen molar-refractivity contribution in [2.24, 2.45) is 0 Å². The van der Waals surface area contributed by atoms with E-state index >= 15 is 0 Å². The largest absolute Gasteiger partial charge is 0.351 e. The van der Waals surface area contributed by atoms with Gasteiger partial charge in [-0.2, -0.15) is 0 Å². The average Bonchev–Trinajstić information content (AvgIpc) is 3.12. The van der Waals surface area contributed by atoms with Gasteiger partial charge in [0, 0.05) is 18.1 Å². The van der Waals surface area contributed by atoms with Gasteiger partial charge in [-0.25, -0.2) is 4.98 Å². The number of fused-ring (bicyclic) bond motifs is 1. The van der Waals surface area contributed by atoms with Gasteiger partial charge in [0.1, 0.15) is 5.65 Å². The van der Waals surface area contributed by atoms with E-state index in [-0.39, 0.29) is 6.04 Å². The molecule has 3 nitrogen and oxygen atoms in total. The summed E-state index contributed by atoms with van der Waals surface area (Å²) >= 11 is 7.91. The molecule has 1 atom stereocenters. The van der Waals surface area contributed by atoms with Crippen molar-refractivity contribution in [3.8, 4) is 0 Å². The van der Waals surface area contributed by atoms with Crippen molar-refractivity contribution in [3.05, 3.63) is 52.5 Å². The number of hydrogen-bond donors (Lipinski definition) is 0. The summed E-state index contributed by atoms with van der Waals surface area (Å²) in [5.74, 6) is 1.40. The second-order valence-corrected chi connectivity index (χ2v) is 5.99. The first-order chi connectivity index (χ1) is 9.72. The molecule has 104 valence electrons. The van der Waals surface area contributed by atoms with E-state index < -0.39 is 0 Å². The maximum atomic E-state index is 6.14. The molecular formula is C15H16ClN3S. The Morgan fingerprint density at radius 3 is 2.90 bits per heavy atom. The molecule has 5 heteroatoms. The van der Waals surface area contributed by atoms with Gasteiger partial charge < -0.3 is 9.30 Å². The lowest BCUT2D eigenvalue weighted by molar-refractivity contribution is 0.741. The van der Waals surface area contributed by atoms with Gasteiger partial charge in [-0.15, -0.1) is 22.9 Å². The maximum absolute atomic E-state index is 6.14. The van der Waals surface area contributed by atoms with E-state index in [4.69, 9.17) is 16.6 Å². The zero-order chi connectivity index (χ0) is 14.1. The molecule has 1 unspecified atom stereocenters. The zero-order valence-electron chi connectivity index (χ0n) is 11.5. The average molecular weight is 306 g/mol. The number of anilines is 1. The van der Waals surface area contributed by atoms with E-state index in [1.165, 1.54) is 4.88 Å². The van der Waals surface area contributed by atoms with Crippen LogP contribution in [-0.2, 0) is 5.88 Å². The predicted molar refractivity (Wildman–Crippen MR) is 85.9 cm³/mol. The second-order valence-electron chi connectivity index (χ2n) is 4.75. The van der Waals surface area contributed by atoms with Gasteiger partial charge in [0.25, 0.3) is 0 Å². The Hall–Kier alpha value is -1.52. The molecule has 0 aromatic carbocycles. The Balaban J connectivity index is 2.05. The molecule has 3 rings (SSSR count). The summed E-state index contributed by atoms with van der Waals surface area (Å²) < 4.78 is 2.06. The Labute approximate surface area is 127 Å². The number of thiophene rings is 1. The maximum Gasteiger partial charge on any atom is 0.152 e. The van der Waals surface area contributed by atoms with E-state index in [1.807, 2.05) is 24.4 Å². The summed E-state index contributed by atoms with van der Waals surface area (Å²) in [5.41, 5.74) is 1.97. The third-order valence-electron chi connectivity index (χ3n) is 3.60. The van der Waals surface area contributed by atoms with E-state index in [0.29, 0.717) is 5.88 Å². The van der Waals surface area contributed by atoms with Gasteiger partial charge in [0.2, 0.25) is 0 Å². The third-order valence-corrected chi connectivity index (χ3v) is 4.90. The summed E-state index contributed by atoms with van der Waals surface area (Å²) in [6.45, 7) is 2.19. The lowest BCUT2D eigenvalue weighted by Gasteiger charge is -2.24. The number of alkyl halides is 1. The van der Waals surface area contributed by atoms with Crippen LogP contribution in [0.1, 0.15) is 23.5 Å². The van der Waals surface area contributed by atoms with Crippen LogP contribution in [0, 0.1) is 0 Å². The third kappa shape index (κ3) is 2.19. The summed E-state index contributed by atoms with van der Waals surface area (Å²) in [4.78, 5) is 8.24. The summed E-state index contributed by atoms with van der Waals surface area (Å²) in [7, 11) is 2.07. The molecule has 0 fully saturated rings. The highest BCUT2D eigenvalue weighted by atomic mass is 35.5. The molecule has 0 spiro atoms. The second kappa shape index (κ2) is 5.46. The molecule has 0 N–H and O–H groups in total. The van der Waals surface area contributed by atoms with Gasteiger partial charge in [-0.1, -0.05) is 12.1 Å².